The van der Waals surface area contributed by atoms with Crippen LogP contribution in [0.25, 0.3) is 0 Å². The number of aliphatic imine (C=N–C) groups is 1. The molecule has 0 spiro atoms. The van der Waals surface area contributed by atoms with Crippen LogP contribution in [0.2, 0.25) is 0 Å². The zero-order chi connectivity index (χ0) is 16.9. The fourth-order valence-corrected chi connectivity index (χ4v) is 4.59. The summed E-state index contributed by atoms with van der Waals surface area (Å²) in [5.74, 6) is 0.248. The van der Waals surface area contributed by atoms with E-state index in [0.717, 1.165) is 15.4 Å². The van der Waals surface area contributed by atoms with Gasteiger partial charge in [0.25, 0.3) is 0 Å². The molecule has 0 fully saturated rings. The smallest absolute Gasteiger partial charge is 0.241 e. The van der Waals surface area contributed by atoms with E-state index in [1.54, 1.807) is 13.0 Å². The van der Waals surface area contributed by atoms with Crippen molar-refractivity contribution < 1.29 is 8.42 Å². The van der Waals surface area contributed by atoms with Gasteiger partial charge in [-0.2, -0.15) is 0 Å². The Morgan fingerprint density at radius 2 is 1.96 bits per heavy atom. The molecule has 2 rings (SSSR count). The number of sulfonamides is 1. The Bertz CT molecular complexity index is 783. The van der Waals surface area contributed by atoms with Crippen molar-refractivity contribution in [2.45, 2.75) is 18.7 Å². The van der Waals surface area contributed by atoms with Crippen molar-refractivity contribution >= 4 is 33.0 Å². The number of nitrogens with one attached hydrogen (secondary N) is 2. The first-order chi connectivity index (χ1) is 10.9. The molecular weight excluding hydrogens is 332 g/mol. The van der Waals surface area contributed by atoms with Gasteiger partial charge in [0, 0.05) is 22.0 Å². The van der Waals surface area contributed by atoms with Crippen molar-refractivity contribution in [1.29, 1.82) is 0 Å². The molecule has 0 aliphatic heterocycles. The van der Waals surface area contributed by atoms with Crippen LogP contribution in [0, 0.1) is 13.8 Å². The van der Waals surface area contributed by atoms with Gasteiger partial charge in [-0.15, -0.1) is 11.3 Å². The first-order valence-corrected chi connectivity index (χ1v) is 9.37. The van der Waals surface area contributed by atoms with E-state index in [4.69, 9.17) is 5.73 Å². The number of rotatable bonds is 6. The van der Waals surface area contributed by atoms with E-state index in [2.05, 4.69) is 15.0 Å². The van der Waals surface area contributed by atoms with Gasteiger partial charge in [0.1, 0.15) is 0 Å². The summed E-state index contributed by atoms with van der Waals surface area (Å²) in [5, 5.41) is 2.94. The lowest BCUT2D eigenvalue weighted by Gasteiger charge is -2.06. The van der Waals surface area contributed by atoms with Crippen molar-refractivity contribution in [1.82, 2.24) is 4.72 Å². The van der Waals surface area contributed by atoms with Gasteiger partial charge in [0.2, 0.25) is 10.0 Å². The number of anilines is 1. The highest BCUT2D eigenvalue weighted by Crippen LogP contribution is 2.24. The molecule has 0 atom stereocenters. The standard InChI is InChI=1S/C15H20N4O2S2/c1-11-10-14(12(2)22-11)23(20,21)18-9-8-17-15(16)19-13-6-4-3-5-7-13/h3-7,10,18H,8-9H2,1-2H3,(H3,16,17,19). The predicted molar refractivity (Wildman–Crippen MR) is 95.5 cm³/mol. The number of para-hydroxylation sites is 1. The molecule has 0 aliphatic rings. The third-order valence-corrected chi connectivity index (χ3v) is 5.70. The number of benzene rings is 1. The Kier molecular flexibility index (Phi) is 5.75. The van der Waals surface area contributed by atoms with Gasteiger partial charge >= 0.3 is 0 Å². The number of guanidine groups is 1. The van der Waals surface area contributed by atoms with Crippen LogP contribution in [0.1, 0.15) is 9.75 Å². The maximum Gasteiger partial charge on any atom is 0.241 e. The molecule has 0 unspecified atom stereocenters. The number of hydrogen-bond donors (Lipinski definition) is 3. The average Bonchev–Trinajstić information content (AvgIpc) is 2.84. The Morgan fingerprint density at radius 3 is 2.57 bits per heavy atom. The predicted octanol–water partition coefficient (Wildman–Crippen LogP) is 2.07. The van der Waals surface area contributed by atoms with Crippen LogP contribution >= 0.6 is 11.3 Å². The minimum absolute atomic E-state index is 0.188. The minimum atomic E-state index is -3.50. The molecule has 0 saturated heterocycles. The topological polar surface area (TPSA) is 96.6 Å². The molecule has 23 heavy (non-hydrogen) atoms. The second kappa shape index (κ2) is 7.58. The van der Waals surface area contributed by atoms with Crippen molar-refractivity contribution in [3.8, 4) is 0 Å². The normalized spacial score (nSPS) is 12.3. The van der Waals surface area contributed by atoms with E-state index in [9.17, 15) is 8.42 Å². The number of nitrogens with zero attached hydrogens (tertiary/aromatic N) is 1. The number of aryl methyl sites for hydroxylation is 2. The molecule has 0 bridgehead atoms. The van der Waals surface area contributed by atoms with E-state index in [-0.39, 0.29) is 19.0 Å². The Morgan fingerprint density at radius 1 is 1.26 bits per heavy atom. The highest BCUT2D eigenvalue weighted by Gasteiger charge is 2.18. The van der Waals surface area contributed by atoms with Crippen LogP contribution in [0.4, 0.5) is 5.69 Å². The lowest BCUT2D eigenvalue weighted by molar-refractivity contribution is 0.582. The van der Waals surface area contributed by atoms with Gasteiger partial charge in [-0.05, 0) is 32.0 Å². The first-order valence-electron chi connectivity index (χ1n) is 7.07. The molecule has 0 radical (unpaired) electrons. The summed E-state index contributed by atoms with van der Waals surface area (Å²) in [4.78, 5) is 6.19. The van der Waals surface area contributed by atoms with Gasteiger partial charge in [0.05, 0.1) is 11.4 Å². The lowest BCUT2D eigenvalue weighted by Crippen LogP contribution is -2.28. The first kappa shape index (κ1) is 17.5. The van der Waals surface area contributed by atoms with Crippen molar-refractivity contribution in [3.63, 3.8) is 0 Å². The summed E-state index contributed by atoms with van der Waals surface area (Å²) >= 11 is 1.46. The summed E-state index contributed by atoms with van der Waals surface area (Å²) in [6.45, 7) is 4.13. The van der Waals surface area contributed by atoms with E-state index in [1.165, 1.54) is 11.3 Å². The van der Waals surface area contributed by atoms with Crippen molar-refractivity contribution in [3.05, 3.63) is 46.2 Å². The highest BCUT2D eigenvalue weighted by atomic mass is 32.2. The van der Waals surface area contributed by atoms with E-state index in [0.29, 0.717) is 4.90 Å². The maximum absolute atomic E-state index is 12.2. The van der Waals surface area contributed by atoms with Gasteiger partial charge in [-0.3, -0.25) is 4.99 Å². The second-order valence-corrected chi connectivity index (χ2v) is 8.13. The third kappa shape index (κ3) is 5.05. The monoisotopic (exact) mass is 352 g/mol. The zero-order valence-electron chi connectivity index (χ0n) is 13.0. The fraction of sp³-hybridized carbons (Fsp3) is 0.267. The highest BCUT2D eigenvalue weighted by molar-refractivity contribution is 7.89. The van der Waals surface area contributed by atoms with Gasteiger partial charge in [0.15, 0.2) is 5.96 Å². The molecule has 4 N–H and O–H groups in total. The summed E-state index contributed by atoms with van der Waals surface area (Å²) in [6, 6.07) is 11.1. The summed E-state index contributed by atoms with van der Waals surface area (Å²) in [6.07, 6.45) is 0. The van der Waals surface area contributed by atoms with Crippen LogP contribution in [-0.4, -0.2) is 27.5 Å². The molecule has 0 saturated carbocycles. The van der Waals surface area contributed by atoms with E-state index in [1.807, 2.05) is 37.3 Å². The number of thiophene rings is 1. The molecule has 1 heterocycles. The quantitative estimate of drug-likeness (QED) is 0.421. The largest absolute Gasteiger partial charge is 0.370 e. The van der Waals surface area contributed by atoms with E-state index >= 15 is 0 Å². The molecule has 0 aliphatic carbocycles. The molecule has 2 aromatic rings. The maximum atomic E-state index is 12.2. The Hall–Kier alpha value is -1.90. The molecule has 1 aromatic carbocycles. The zero-order valence-corrected chi connectivity index (χ0v) is 14.7. The summed E-state index contributed by atoms with van der Waals surface area (Å²) in [7, 11) is -3.50. The average molecular weight is 352 g/mol. The SMILES string of the molecule is Cc1cc(S(=O)(=O)NCCN=C(N)Nc2ccccc2)c(C)s1. The summed E-state index contributed by atoms with van der Waals surface area (Å²) in [5.41, 5.74) is 6.59. The number of nitrogens with two attached hydrogens (primary N) is 1. The molecular formula is C15H20N4O2S2. The lowest BCUT2D eigenvalue weighted by atomic mass is 10.3. The van der Waals surface area contributed by atoms with Gasteiger partial charge in [-0.1, -0.05) is 18.2 Å². The fourth-order valence-electron chi connectivity index (χ4n) is 2.02. The van der Waals surface area contributed by atoms with Crippen LogP contribution in [0.15, 0.2) is 46.3 Å². The Labute approximate surface area is 140 Å². The van der Waals surface area contributed by atoms with Crippen molar-refractivity contribution in [2.24, 2.45) is 10.7 Å². The minimum Gasteiger partial charge on any atom is -0.370 e. The van der Waals surface area contributed by atoms with Crippen LogP contribution in [0.5, 0.6) is 0 Å². The number of hydrogen-bond acceptors (Lipinski definition) is 4. The van der Waals surface area contributed by atoms with Crippen LogP contribution in [0.3, 0.4) is 0 Å². The molecule has 124 valence electrons. The van der Waals surface area contributed by atoms with Gasteiger partial charge in [-0.25, -0.2) is 13.1 Å². The van der Waals surface area contributed by atoms with E-state index < -0.39 is 10.0 Å². The second-order valence-electron chi connectivity index (χ2n) is 4.93. The molecule has 0 amide bonds. The third-order valence-electron chi connectivity index (χ3n) is 3.02. The Balaban J connectivity index is 1.87. The molecule has 1 aromatic heterocycles. The van der Waals surface area contributed by atoms with Crippen LogP contribution < -0.4 is 15.8 Å². The van der Waals surface area contributed by atoms with Gasteiger partial charge < -0.3 is 11.1 Å². The van der Waals surface area contributed by atoms with Crippen LogP contribution in [-0.2, 0) is 10.0 Å². The summed E-state index contributed by atoms with van der Waals surface area (Å²) < 4.78 is 26.9. The molecule has 6 nitrogen and oxygen atoms in total. The molecule has 8 heteroatoms. The van der Waals surface area contributed by atoms with Crippen molar-refractivity contribution in [2.75, 3.05) is 18.4 Å².